The number of carbonyl (C=O) groups excluding carboxylic acids is 3. The Labute approximate surface area is 429 Å². The molecule has 404 valence electrons. The SMILES string of the molecule is CC/C=C\C/C=C\C/C=C\C/C=C\CCCCC(=O)OC(COC(=O)CCCCCCCCC/C=C\C/C=C\C/C=C\CC)COC1OC(C(=O)O)C(O)C(O)C1OC(=O)CCCCCCCCCCC. The molecule has 3 N–H and O–H groups in total. The van der Waals surface area contributed by atoms with Crippen molar-refractivity contribution in [2.75, 3.05) is 13.2 Å². The van der Waals surface area contributed by atoms with Crippen LogP contribution in [0.2, 0.25) is 0 Å². The van der Waals surface area contributed by atoms with Crippen LogP contribution in [0.1, 0.15) is 213 Å². The predicted octanol–water partition coefficient (Wildman–Crippen LogP) is 13.6. The molecule has 0 aliphatic carbocycles. The lowest BCUT2D eigenvalue weighted by Gasteiger charge is -2.40. The van der Waals surface area contributed by atoms with Gasteiger partial charge in [-0.2, -0.15) is 0 Å². The summed E-state index contributed by atoms with van der Waals surface area (Å²) in [5, 5.41) is 31.3. The van der Waals surface area contributed by atoms with Crippen LogP contribution in [0.15, 0.2) is 85.1 Å². The van der Waals surface area contributed by atoms with E-state index in [0.29, 0.717) is 19.3 Å². The smallest absolute Gasteiger partial charge is 0.335 e. The van der Waals surface area contributed by atoms with E-state index in [2.05, 4.69) is 106 Å². The standard InChI is InChI=1S/C59H96O12/c1-4-7-10-13-16-19-21-23-25-26-28-29-31-34-36-39-42-45-51(60)67-48-50(69-52(61)46-43-40-38-35-32-30-27-24-22-20-17-14-11-8-5-2)49-68-59-57(55(64)54(63)56(71-59)58(65)66)70-53(62)47-44-41-37-33-18-15-12-9-6-3/h7-8,10-11,16-17,19-20,23-25,27,32,35,50,54-57,59,63-64H,4-6,9,12-15,18,21-22,26,28-31,33-34,36-49H2,1-3H3,(H,65,66)/b10-7-,11-8-,19-16-,20-17-,25-23-,27-24-,35-32-. The molecule has 1 aliphatic heterocycles. The fourth-order valence-corrected chi connectivity index (χ4v) is 7.78. The number of carbonyl (C=O) groups is 4. The minimum atomic E-state index is -1.91. The van der Waals surface area contributed by atoms with E-state index >= 15 is 0 Å². The number of aliphatic hydroxyl groups excluding tert-OH is 2. The molecule has 0 saturated carbocycles. The molecule has 1 aliphatic rings. The van der Waals surface area contributed by atoms with Gasteiger partial charge in [0.15, 0.2) is 24.6 Å². The lowest BCUT2D eigenvalue weighted by molar-refractivity contribution is -0.301. The first-order valence-corrected chi connectivity index (χ1v) is 27.6. The van der Waals surface area contributed by atoms with Crippen LogP contribution in [-0.2, 0) is 42.9 Å². The van der Waals surface area contributed by atoms with Crippen LogP contribution in [0, 0.1) is 0 Å². The maximum atomic E-state index is 13.1. The lowest BCUT2D eigenvalue weighted by Crippen LogP contribution is -2.61. The summed E-state index contributed by atoms with van der Waals surface area (Å²) < 4.78 is 28.3. The average Bonchev–Trinajstić information content (AvgIpc) is 3.35. The zero-order chi connectivity index (χ0) is 51.8. The van der Waals surface area contributed by atoms with E-state index in [9.17, 15) is 34.5 Å². The van der Waals surface area contributed by atoms with Crippen LogP contribution in [0.25, 0.3) is 0 Å². The number of aliphatic carboxylic acids is 1. The van der Waals surface area contributed by atoms with Crippen molar-refractivity contribution in [2.45, 2.75) is 250 Å². The molecule has 1 rings (SSSR count). The summed E-state index contributed by atoms with van der Waals surface area (Å²) in [6.45, 7) is 5.67. The van der Waals surface area contributed by atoms with Crippen LogP contribution < -0.4 is 0 Å². The van der Waals surface area contributed by atoms with Crippen molar-refractivity contribution >= 4 is 23.9 Å². The van der Waals surface area contributed by atoms with Crippen LogP contribution in [0.5, 0.6) is 0 Å². The van der Waals surface area contributed by atoms with Gasteiger partial charge in [0.2, 0.25) is 0 Å². The molecule has 12 heteroatoms. The number of unbranched alkanes of at least 4 members (excludes halogenated alkanes) is 17. The highest BCUT2D eigenvalue weighted by Gasteiger charge is 2.50. The normalized spacial score (nSPS) is 19.1. The highest BCUT2D eigenvalue weighted by atomic mass is 16.7. The molecular weight excluding hydrogens is 901 g/mol. The topological polar surface area (TPSA) is 175 Å². The number of carboxylic acid groups (broad SMARTS) is 1. The number of allylic oxidation sites excluding steroid dienone is 14. The first-order chi connectivity index (χ1) is 34.6. The summed E-state index contributed by atoms with van der Waals surface area (Å²) >= 11 is 0. The molecule has 0 spiro atoms. The number of hydrogen-bond donors (Lipinski definition) is 3. The van der Waals surface area contributed by atoms with Crippen molar-refractivity contribution in [3.05, 3.63) is 85.1 Å². The molecule has 0 aromatic heterocycles. The summed E-state index contributed by atoms with van der Waals surface area (Å²) in [7, 11) is 0. The van der Waals surface area contributed by atoms with Crippen molar-refractivity contribution in [1.29, 1.82) is 0 Å². The molecule has 0 amide bonds. The van der Waals surface area contributed by atoms with E-state index in [1.54, 1.807) is 0 Å². The number of rotatable bonds is 45. The largest absolute Gasteiger partial charge is 0.479 e. The maximum Gasteiger partial charge on any atom is 0.335 e. The number of hydrogen-bond acceptors (Lipinski definition) is 11. The van der Waals surface area contributed by atoms with Crippen LogP contribution >= 0.6 is 0 Å². The number of carboxylic acids is 1. The monoisotopic (exact) mass is 997 g/mol. The third-order valence-corrected chi connectivity index (χ3v) is 12.0. The lowest BCUT2D eigenvalue weighted by atomic mass is 9.98. The summed E-state index contributed by atoms with van der Waals surface area (Å²) in [5.41, 5.74) is 0. The first kappa shape index (κ1) is 64.9. The molecule has 0 radical (unpaired) electrons. The minimum Gasteiger partial charge on any atom is -0.479 e. The molecule has 1 saturated heterocycles. The second-order valence-corrected chi connectivity index (χ2v) is 18.5. The summed E-state index contributed by atoms with van der Waals surface area (Å²) in [4.78, 5) is 50.9. The Morgan fingerprint density at radius 3 is 1.38 bits per heavy atom. The fraction of sp³-hybridized carbons (Fsp3) is 0.695. The van der Waals surface area contributed by atoms with Gasteiger partial charge in [0, 0.05) is 19.3 Å². The minimum absolute atomic E-state index is 0.0525. The van der Waals surface area contributed by atoms with E-state index < -0.39 is 67.3 Å². The van der Waals surface area contributed by atoms with Gasteiger partial charge in [-0.25, -0.2) is 4.79 Å². The molecule has 12 nitrogen and oxygen atoms in total. The van der Waals surface area contributed by atoms with Crippen molar-refractivity contribution in [2.24, 2.45) is 0 Å². The van der Waals surface area contributed by atoms with Crippen molar-refractivity contribution in [3.63, 3.8) is 0 Å². The van der Waals surface area contributed by atoms with Gasteiger partial charge >= 0.3 is 23.9 Å². The Hall–Kier alpha value is -4.10. The molecule has 0 aromatic rings. The van der Waals surface area contributed by atoms with E-state index in [4.69, 9.17) is 23.7 Å². The van der Waals surface area contributed by atoms with Gasteiger partial charge < -0.3 is 39.0 Å². The van der Waals surface area contributed by atoms with Crippen LogP contribution in [0.4, 0.5) is 0 Å². The number of ether oxygens (including phenoxy) is 5. The number of aliphatic hydroxyl groups is 2. The highest BCUT2D eigenvalue weighted by molar-refractivity contribution is 5.74. The molecule has 0 bridgehead atoms. The van der Waals surface area contributed by atoms with Crippen molar-refractivity contribution in [3.8, 4) is 0 Å². The highest BCUT2D eigenvalue weighted by Crippen LogP contribution is 2.26. The Bertz CT molecular complexity index is 1560. The number of esters is 3. The van der Waals surface area contributed by atoms with Gasteiger partial charge in [0.05, 0.1) is 6.61 Å². The molecular formula is C59H96O12. The van der Waals surface area contributed by atoms with E-state index in [0.717, 1.165) is 122 Å². The van der Waals surface area contributed by atoms with Crippen LogP contribution in [-0.4, -0.2) is 89.2 Å². The predicted molar refractivity (Wildman–Crippen MR) is 284 cm³/mol. The second kappa shape index (κ2) is 46.9. The Kier molecular flexibility index (Phi) is 42.9. The Morgan fingerprint density at radius 2 is 0.887 bits per heavy atom. The second-order valence-electron chi connectivity index (χ2n) is 18.5. The summed E-state index contributed by atoms with van der Waals surface area (Å²) in [6, 6.07) is 0. The maximum absolute atomic E-state index is 13.1. The Balaban J connectivity index is 2.73. The quantitative estimate of drug-likeness (QED) is 0.0228. The summed E-state index contributed by atoms with van der Waals surface area (Å²) in [6.07, 6.45) is 47.2. The van der Waals surface area contributed by atoms with E-state index in [1.807, 2.05) is 0 Å². The van der Waals surface area contributed by atoms with Crippen LogP contribution in [0.3, 0.4) is 0 Å². The zero-order valence-corrected chi connectivity index (χ0v) is 44.2. The van der Waals surface area contributed by atoms with E-state index in [1.165, 1.54) is 32.1 Å². The van der Waals surface area contributed by atoms with Gasteiger partial charge in [-0.3, -0.25) is 14.4 Å². The third-order valence-electron chi connectivity index (χ3n) is 12.0. The molecule has 1 fully saturated rings. The van der Waals surface area contributed by atoms with Gasteiger partial charge in [0.25, 0.3) is 0 Å². The Morgan fingerprint density at radius 1 is 0.479 bits per heavy atom. The van der Waals surface area contributed by atoms with Gasteiger partial charge in [-0.1, -0.05) is 189 Å². The fourth-order valence-electron chi connectivity index (χ4n) is 7.78. The molecule has 1 heterocycles. The molecule has 71 heavy (non-hydrogen) atoms. The van der Waals surface area contributed by atoms with Gasteiger partial charge in [-0.05, 0) is 89.9 Å². The average molecular weight is 997 g/mol. The molecule has 6 unspecified atom stereocenters. The third kappa shape index (κ3) is 37.3. The van der Waals surface area contributed by atoms with Gasteiger partial charge in [0.1, 0.15) is 18.8 Å². The van der Waals surface area contributed by atoms with Gasteiger partial charge in [-0.15, -0.1) is 0 Å². The van der Waals surface area contributed by atoms with Crippen molar-refractivity contribution in [1.82, 2.24) is 0 Å². The zero-order valence-electron chi connectivity index (χ0n) is 44.2. The molecule has 6 atom stereocenters. The first-order valence-electron chi connectivity index (χ1n) is 27.6. The van der Waals surface area contributed by atoms with E-state index in [-0.39, 0.29) is 25.9 Å². The molecule has 0 aromatic carbocycles. The summed E-state index contributed by atoms with van der Waals surface area (Å²) in [5.74, 6) is -3.20. The van der Waals surface area contributed by atoms with Crippen molar-refractivity contribution < 1.29 is 58.2 Å².